The summed E-state index contributed by atoms with van der Waals surface area (Å²) in [7, 11) is 0. The van der Waals surface area contributed by atoms with Crippen LogP contribution in [0.15, 0.2) is 24.3 Å². The molecule has 0 spiro atoms. The average molecular weight is 217 g/mol. The number of hydrogen-bond acceptors (Lipinski definition) is 4. The molecule has 0 aliphatic rings. The summed E-state index contributed by atoms with van der Waals surface area (Å²) < 4.78 is 31.6. The van der Waals surface area contributed by atoms with Crippen LogP contribution in [-0.4, -0.2) is 19.2 Å². The molecule has 0 saturated carbocycles. The molecule has 0 unspecified atom stereocenters. The normalized spacial score (nSPS) is 10.1. The van der Waals surface area contributed by atoms with Crippen molar-refractivity contribution in [1.29, 1.82) is 0 Å². The molecule has 1 rings (SSSR count). The third-order valence-corrected chi connectivity index (χ3v) is 1.49. The monoisotopic (exact) mass is 217 g/mol. The quantitative estimate of drug-likeness (QED) is 0.611. The number of para-hydroxylation sites is 2. The van der Waals surface area contributed by atoms with E-state index in [1.165, 1.54) is 6.07 Å². The van der Waals surface area contributed by atoms with Gasteiger partial charge >= 0.3 is 12.6 Å². The van der Waals surface area contributed by atoms with Gasteiger partial charge in [0.15, 0.2) is 6.61 Å². The summed E-state index contributed by atoms with van der Waals surface area (Å²) in [5, 5.41) is 0. The Hall–Kier alpha value is -1.85. The topological polar surface area (TPSA) is 61.5 Å². The lowest BCUT2D eigenvalue weighted by molar-refractivity contribution is -0.178. The van der Waals surface area contributed by atoms with Crippen molar-refractivity contribution in [3.8, 4) is 5.75 Å². The zero-order chi connectivity index (χ0) is 11.3. The van der Waals surface area contributed by atoms with Crippen molar-refractivity contribution in [2.45, 2.75) is 6.61 Å². The molecule has 0 aromatic heterocycles. The molecule has 15 heavy (non-hydrogen) atoms. The second kappa shape index (κ2) is 5.14. The molecule has 0 atom stereocenters. The van der Waals surface area contributed by atoms with E-state index >= 15 is 0 Å². The highest BCUT2D eigenvalue weighted by Gasteiger charge is 2.11. The van der Waals surface area contributed by atoms with Crippen LogP contribution in [-0.2, 0) is 9.53 Å². The minimum absolute atomic E-state index is 0.253. The molecule has 0 aliphatic carbocycles. The van der Waals surface area contributed by atoms with Crippen molar-refractivity contribution in [3.05, 3.63) is 24.3 Å². The fourth-order valence-corrected chi connectivity index (χ4v) is 0.882. The second-order valence-corrected chi connectivity index (χ2v) is 2.58. The predicted octanol–water partition coefficient (Wildman–Crippen LogP) is 1.41. The van der Waals surface area contributed by atoms with E-state index in [2.05, 4.69) is 4.74 Å². The fraction of sp³-hybridized carbons (Fsp3) is 0.222. The van der Waals surface area contributed by atoms with Gasteiger partial charge in [0.05, 0.1) is 5.69 Å². The van der Waals surface area contributed by atoms with Gasteiger partial charge in [-0.1, -0.05) is 12.1 Å². The third-order valence-electron chi connectivity index (χ3n) is 1.49. The Morgan fingerprint density at radius 3 is 2.67 bits per heavy atom. The molecule has 6 heteroatoms. The number of rotatable bonds is 4. The van der Waals surface area contributed by atoms with Crippen molar-refractivity contribution in [1.82, 2.24) is 0 Å². The summed E-state index contributed by atoms with van der Waals surface area (Å²) in [5.41, 5.74) is 5.80. The van der Waals surface area contributed by atoms with Gasteiger partial charge in [-0.3, -0.25) is 0 Å². The first kappa shape index (κ1) is 11.2. The van der Waals surface area contributed by atoms with Gasteiger partial charge in [-0.05, 0) is 12.1 Å². The molecule has 0 saturated heterocycles. The summed E-state index contributed by atoms with van der Waals surface area (Å²) in [4.78, 5) is 10.7. The number of carbonyl (C=O) groups excluding carboxylic acids is 1. The summed E-state index contributed by atoms with van der Waals surface area (Å²) in [6.07, 6.45) is 0. The van der Waals surface area contributed by atoms with Crippen molar-refractivity contribution in [2.75, 3.05) is 12.3 Å². The molecule has 0 heterocycles. The Kier molecular flexibility index (Phi) is 3.84. The van der Waals surface area contributed by atoms with Crippen molar-refractivity contribution < 1.29 is 23.0 Å². The molecule has 0 fully saturated rings. The number of halogens is 2. The number of benzene rings is 1. The molecule has 4 nitrogen and oxygen atoms in total. The van der Waals surface area contributed by atoms with Crippen LogP contribution in [0, 0.1) is 0 Å². The summed E-state index contributed by atoms with van der Waals surface area (Å²) in [5.74, 6) is -0.892. The van der Waals surface area contributed by atoms with Gasteiger partial charge in [0.2, 0.25) is 0 Å². The smallest absolute Gasteiger partial charge is 0.389 e. The highest BCUT2D eigenvalue weighted by molar-refractivity contribution is 5.71. The molecule has 0 bridgehead atoms. The van der Waals surface area contributed by atoms with Gasteiger partial charge < -0.3 is 15.2 Å². The van der Waals surface area contributed by atoms with Crippen molar-refractivity contribution in [2.24, 2.45) is 0 Å². The number of esters is 1. The molecular formula is C9H9F2NO3. The van der Waals surface area contributed by atoms with Gasteiger partial charge in [-0.15, -0.1) is 0 Å². The minimum Gasteiger partial charge on any atom is -0.480 e. The number of nitrogens with two attached hydrogens (primary N) is 1. The highest BCUT2D eigenvalue weighted by atomic mass is 19.3. The maximum atomic E-state index is 11.6. The number of alkyl halides is 2. The largest absolute Gasteiger partial charge is 0.480 e. The Balaban J connectivity index is 2.44. The molecule has 82 valence electrons. The first-order chi connectivity index (χ1) is 7.09. The van der Waals surface area contributed by atoms with E-state index in [0.29, 0.717) is 5.69 Å². The molecular weight excluding hydrogens is 208 g/mol. The van der Waals surface area contributed by atoms with Gasteiger partial charge in [0.25, 0.3) is 0 Å². The Morgan fingerprint density at radius 1 is 1.40 bits per heavy atom. The summed E-state index contributed by atoms with van der Waals surface area (Å²) in [6.45, 7) is -3.73. The van der Waals surface area contributed by atoms with Crippen LogP contribution in [0.4, 0.5) is 14.5 Å². The molecule has 0 amide bonds. The van der Waals surface area contributed by atoms with E-state index in [4.69, 9.17) is 10.5 Å². The lowest BCUT2D eigenvalue weighted by Crippen LogP contribution is -2.17. The van der Waals surface area contributed by atoms with Crippen molar-refractivity contribution in [3.63, 3.8) is 0 Å². The van der Waals surface area contributed by atoms with Gasteiger partial charge in [-0.25, -0.2) is 4.79 Å². The number of carbonyl (C=O) groups is 1. The summed E-state index contributed by atoms with van der Waals surface area (Å²) in [6, 6.07) is 6.41. The first-order valence-corrected chi connectivity index (χ1v) is 4.04. The second-order valence-electron chi connectivity index (χ2n) is 2.58. The third kappa shape index (κ3) is 3.80. The van der Waals surface area contributed by atoms with E-state index in [1.54, 1.807) is 18.2 Å². The van der Waals surface area contributed by atoms with Crippen LogP contribution in [0.3, 0.4) is 0 Å². The standard InChI is InChI=1S/C9H9F2NO3/c10-9(11)15-8(13)5-14-7-4-2-1-3-6(7)12/h1-4,9H,5,12H2. The van der Waals surface area contributed by atoms with Gasteiger partial charge in [-0.2, -0.15) is 8.78 Å². The average Bonchev–Trinajstić information content (AvgIpc) is 2.15. The van der Waals surface area contributed by atoms with Crippen molar-refractivity contribution >= 4 is 11.7 Å². The molecule has 2 N–H and O–H groups in total. The van der Waals surface area contributed by atoms with Crippen LogP contribution in [0.1, 0.15) is 0 Å². The minimum atomic E-state index is -3.13. The zero-order valence-electron chi connectivity index (χ0n) is 7.65. The molecule has 1 aromatic carbocycles. The highest BCUT2D eigenvalue weighted by Crippen LogP contribution is 2.19. The number of nitrogen functional groups attached to an aromatic ring is 1. The van der Waals surface area contributed by atoms with E-state index in [-0.39, 0.29) is 5.75 Å². The summed E-state index contributed by atoms with van der Waals surface area (Å²) >= 11 is 0. The van der Waals surface area contributed by atoms with Crippen LogP contribution < -0.4 is 10.5 Å². The predicted molar refractivity (Wildman–Crippen MR) is 48.4 cm³/mol. The maximum Gasteiger partial charge on any atom is 0.389 e. The number of anilines is 1. The van der Waals surface area contributed by atoms with Crippen LogP contribution >= 0.6 is 0 Å². The molecule has 0 radical (unpaired) electrons. The Bertz CT molecular complexity index is 344. The number of hydrogen-bond donors (Lipinski definition) is 1. The van der Waals surface area contributed by atoms with E-state index in [9.17, 15) is 13.6 Å². The zero-order valence-corrected chi connectivity index (χ0v) is 7.65. The lowest BCUT2D eigenvalue weighted by atomic mass is 10.3. The first-order valence-electron chi connectivity index (χ1n) is 4.04. The van der Waals surface area contributed by atoms with Gasteiger partial charge in [0, 0.05) is 0 Å². The van der Waals surface area contributed by atoms with E-state index < -0.39 is 19.2 Å². The van der Waals surface area contributed by atoms with Gasteiger partial charge in [0.1, 0.15) is 5.75 Å². The Labute approximate surface area is 84.6 Å². The molecule has 0 aliphatic heterocycles. The van der Waals surface area contributed by atoms with E-state index in [0.717, 1.165) is 0 Å². The van der Waals surface area contributed by atoms with Crippen LogP contribution in [0.25, 0.3) is 0 Å². The maximum absolute atomic E-state index is 11.6. The SMILES string of the molecule is Nc1ccccc1OCC(=O)OC(F)F. The molecule has 1 aromatic rings. The lowest BCUT2D eigenvalue weighted by Gasteiger charge is -2.07. The fourth-order valence-electron chi connectivity index (χ4n) is 0.882. The van der Waals surface area contributed by atoms with E-state index in [1.807, 2.05) is 0 Å². The van der Waals surface area contributed by atoms with Crippen LogP contribution in [0.2, 0.25) is 0 Å². The van der Waals surface area contributed by atoms with Crippen LogP contribution in [0.5, 0.6) is 5.75 Å². The Morgan fingerprint density at radius 2 is 2.07 bits per heavy atom. The number of ether oxygens (including phenoxy) is 2.